The van der Waals surface area contributed by atoms with Crippen molar-refractivity contribution in [3.05, 3.63) is 76.5 Å². The number of fused-ring (bicyclic) bond motifs is 1. The number of carboxylic acids is 1. The van der Waals surface area contributed by atoms with Gasteiger partial charge >= 0.3 is 5.97 Å². The van der Waals surface area contributed by atoms with E-state index in [0.29, 0.717) is 13.0 Å². The maximum Gasteiger partial charge on any atom is 0.303 e. The summed E-state index contributed by atoms with van der Waals surface area (Å²) in [5, 5.41) is 15.4. The smallest absolute Gasteiger partial charge is 0.303 e. The van der Waals surface area contributed by atoms with E-state index >= 15 is 0 Å². The average Bonchev–Trinajstić information content (AvgIpc) is 3.35. The van der Waals surface area contributed by atoms with Crippen LogP contribution >= 0.6 is 11.3 Å². The molecule has 0 radical (unpaired) electrons. The molecular weight excluding hydrogens is 386 g/mol. The number of rotatable bonds is 8. The van der Waals surface area contributed by atoms with Gasteiger partial charge in [-0.1, -0.05) is 36.4 Å². The lowest BCUT2D eigenvalue weighted by molar-refractivity contribution is -0.136. The predicted molar refractivity (Wildman–Crippen MR) is 114 cm³/mol. The van der Waals surface area contributed by atoms with Crippen molar-refractivity contribution in [3.8, 4) is 5.75 Å². The number of allylic oxidation sites excluding steroid dienone is 1. The van der Waals surface area contributed by atoms with E-state index in [1.807, 2.05) is 60.8 Å². The highest BCUT2D eigenvalue weighted by Crippen LogP contribution is 2.34. The molecule has 3 aromatic rings. The van der Waals surface area contributed by atoms with E-state index < -0.39 is 5.97 Å². The molecule has 0 spiro atoms. The Kier molecular flexibility index (Phi) is 5.71. The van der Waals surface area contributed by atoms with E-state index in [9.17, 15) is 4.79 Å². The second-order valence-corrected chi connectivity index (χ2v) is 7.88. The Bertz CT molecular complexity index is 1040. The number of hydrogen-bond acceptors (Lipinski definition) is 5. The van der Waals surface area contributed by atoms with E-state index in [0.717, 1.165) is 44.8 Å². The van der Waals surface area contributed by atoms with E-state index in [1.54, 1.807) is 11.3 Å². The van der Waals surface area contributed by atoms with Crippen molar-refractivity contribution in [2.45, 2.75) is 32.4 Å². The Morgan fingerprint density at radius 2 is 2.00 bits per heavy atom. The monoisotopic (exact) mass is 409 g/mol. The Labute approximate surface area is 173 Å². The van der Waals surface area contributed by atoms with Crippen molar-refractivity contribution < 1.29 is 19.4 Å². The lowest BCUT2D eigenvalue weighted by Crippen LogP contribution is -2.16. The van der Waals surface area contributed by atoms with Crippen LogP contribution in [-0.4, -0.2) is 17.7 Å². The third-order valence-corrected chi connectivity index (χ3v) is 5.99. The maximum absolute atomic E-state index is 10.9. The van der Waals surface area contributed by atoms with Crippen LogP contribution in [0.15, 0.2) is 65.4 Å². The first-order valence-corrected chi connectivity index (χ1v) is 10.5. The molecule has 6 heteroatoms. The van der Waals surface area contributed by atoms with Crippen LogP contribution in [0.1, 0.15) is 37.1 Å². The fourth-order valence-electron chi connectivity index (χ4n) is 3.49. The first-order chi connectivity index (χ1) is 14.1. The Balaban J connectivity index is 1.38. The summed E-state index contributed by atoms with van der Waals surface area (Å²) in [6.07, 6.45) is 1.24. The minimum absolute atomic E-state index is 0.134. The minimum atomic E-state index is -0.779. The summed E-state index contributed by atoms with van der Waals surface area (Å²) in [6.45, 7) is 2.50. The van der Waals surface area contributed by atoms with Crippen molar-refractivity contribution in [2.75, 3.05) is 6.61 Å². The van der Waals surface area contributed by atoms with Crippen LogP contribution < -0.4 is 10.1 Å². The summed E-state index contributed by atoms with van der Waals surface area (Å²) in [4.78, 5) is 10.9. The van der Waals surface area contributed by atoms with Crippen LogP contribution in [0.4, 0.5) is 0 Å². The van der Waals surface area contributed by atoms with Crippen LogP contribution in [-0.2, 0) is 16.0 Å². The van der Waals surface area contributed by atoms with Gasteiger partial charge in [0.1, 0.15) is 11.5 Å². The summed E-state index contributed by atoms with van der Waals surface area (Å²) in [6, 6.07) is 16.0. The van der Waals surface area contributed by atoms with Crippen LogP contribution in [0.25, 0.3) is 10.1 Å². The zero-order valence-corrected chi connectivity index (χ0v) is 17.0. The zero-order chi connectivity index (χ0) is 20.2. The first-order valence-electron chi connectivity index (χ1n) is 9.63. The highest BCUT2D eigenvalue weighted by Gasteiger charge is 2.23. The van der Waals surface area contributed by atoms with Gasteiger partial charge in [0.15, 0.2) is 6.23 Å². The molecule has 0 saturated carbocycles. The summed E-state index contributed by atoms with van der Waals surface area (Å²) in [5.74, 6) is 0.947. The standard InChI is InChI=1S/C23H23NO4S/c1-15-19(24-23(28-15)17-5-3-2-4-6-17)11-13-27-20-9-7-16(8-10-21(25)26)22-18(20)12-14-29-22/h2-7,9,12,14,23-24H,8,10-11,13H2,1H3,(H,25,26). The quantitative estimate of drug-likeness (QED) is 0.533. The zero-order valence-electron chi connectivity index (χ0n) is 16.2. The highest BCUT2D eigenvalue weighted by atomic mass is 32.1. The number of aliphatic carboxylic acids is 1. The van der Waals surface area contributed by atoms with Crippen molar-refractivity contribution in [3.63, 3.8) is 0 Å². The minimum Gasteiger partial charge on any atom is -0.493 e. The SMILES string of the molecule is CC1=C(CCOc2ccc(CCC(=O)O)c3sccc23)NC(c2ccccc2)O1. The number of ether oxygens (including phenoxy) is 2. The summed E-state index contributed by atoms with van der Waals surface area (Å²) < 4.78 is 13.1. The summed E-state index contributed by atoms with van der Waals surface area (Å²) in [7, 11) is 0. The van der Waals surface area contributed by atoms with Crippen molar-refractivity contribution in [1.29, 1.82) is 0 Å². The highest BCUT2D eigenvalue weighted by molar-refractivity contribution is 7.17. The molecule has 29 heavy (non-hydrogen) atoms. The Hall–Kier alpha value is -2.99. The van der Waals surface area contributed by atoms with Crippen LogP contribution in [0.3, 0.4) is 0 Å². The molecule has 1 aliphatic rings. The van der Waals surface area contributed by atoms with Gasteiger partial charge < -0.3 is 19.9 Å². The predicted octanol–water partition coefficient (Wildman–Crippen LogP) is 5.24. The molecule has 150 valence electrons. The molecule has 5 nitrogen and oxygen atoms in total. The fourth-order valence-corrected chi connectivity index (χ4v) is 4.44. The van der Waals surface area contributed by atoms with Gasteiger partial charge in [-0.25, -0.2) is 0 Å². The molecule has 1 unspecified atom stereocenters. The van der Waals surface area contributed by atoms with Gasteiger partial charge in [-0.3, -0.25) is 4.79 Å². The number of benzene rings is 2. The van der Waals surface area contributed by atoms with E-state index in [2.05, 4.69) is 5.32 Å². The fraction of sp³-hybridized carbons (Fsp3) is 0.261. The molecule has 0 fully saturated rings. The van der Waals surface area contributed by atoms with Gasteiger partial charge in [0.25, 0.3) is 0 Å². The average molecular weight is 410 g/mol. The van der Waals surface area contributed by atoms with E-state index in [4.69, 9.17) is 14.6 Å². The largest absolute Gasteiger partial charge is 0.493 e. The second kappa shape index (κ2) is 8.57. The molecule has 0 amide bonds. The van der Waals surface area contributed by atoms with Gasteiger partial charge in [0.2, 0.25) is 0 Å². The maximum atomic E-state index is 10.9. The Morgan fingerprint density at radius 1 is 1.17 bits per heavy atom. The topological polar surface area (TPSA) is 67.8 Å². The van der Waals surface area contributed by atoms with Gasteiger partial charge in [0, 0.05) is 28.5 Å². The molecule has 2 aromatic carbocycles. The number of aryl methyl sites for hydroxylation is 1. The van der Waals surface area contributed by atoms with E-state index in [-0.39, 0.29) is 12.6 Å². The molecule has 2 heterocycles. The molecule has 4 rings (SSSR count). The molecule has 0 aliphatic carbocycles. The van der Waals surface area contributed by atoms with Crippen molar-refractivity contribution in [2.24, 2.45) is 0 Å². The third-order valence-electron chi connectivity index (χ3n) is 5.00. The molecular formula is C23H23NO4S. The van der Waals surface area contributed by atoms with Crippen molar-refractivity contribution in [1.82, 2.24) is 5.32 Å². The van der Waals surface area contributed by atoms with Gasteiger partial charge in [-0.05, 0) is 36.4 Å². The van der Waals surface area contributed by atoms with Crippen LogP contribution in [0.2, 0.25) is 0 Å². The van der Waals surface area contributed by atoms with Gasteiger partial charge in [0.05, 0.1) is 12.3 Å². The molecule has 2 N–H and O–H groups in total. The van der Waals surface area contributed by atoms with Crippen molar-refractivity contribution >= 4 is 27.4 Å². The summed E-state index contributed by atoms with van der Waals surface area (Å²) in [5.41, 5.74) is 3.21. The number of nitrogens with one attached hydrogen (secondary N) is 1. The number of hydrogen-bond donors (Lipinski definition) is 2. The molecule has 1 aliphatic heterocycles. The van der Waals surface area contributed by atoms with Gasteiger partial charge in [-0.2, -0.15) is 0 Å². The van der Waals surface area contributed by atoms with E-state index in [1.165, 1.54) is 0 Å². The lowest BCUT2D eigenvalue weighted by Gasteiger charge is -2.13. The second-order valence-electron chi connectivity index (χ2n) is 6.97. The lowest BCUT2D eigenvalue weighted by atomic mass is 10.1. The molecule has 1 aromatic heterocycles. The Morgan fingerprint density at radius 3 is 2.79 bits per heavy atom. The first kappa shape index (κ1) is 19.3. The third kappa shape index (κ3) is 4.38. The van der Waals surface area contributed by atoms with Crippen LogP contribution in [0, 0.1) is 0 Å². The van der Waals surface area contributed by atoms with Crippen LogP contribution in [0.5, 0.6) is 5.75 Å². The van der Waals surface area contributed by atoms with Gasteiger partial charge in [-0.15, -0.1) is 11.3 Å². The molecule has 1 atom stereocenters. The molecule has 0 bridgehead atoms. The summed E-state index contributed by atoms with van der Waals surface area (Å²) >= 11 is 1.62. The number of carbonyl (C=O) groups is 1. The number of thiophene rings is 1. The number of carboxylic acid groups (broad SMARTS) is 1. The molecule has 0 saturated heterocycles. The normalized spacial score (nSPS) is 16.0.